The largest absolute Gasteiger partial charge is 0.611 e. The number of hydrogen-bond acceptors (Lipinski definition) is 4. The second kappa shape index (κ2) is 4.63. The standard InChI is InChI=1S/C11H14ClN3OS/c12-11-14-8-5-6-17(16)9(8)10(15-11)13-7-3-1-2-4-7/h7H,1-6H2,(H,13,14,15). The summed E-state index contributed by atoms with van der Waals surface area (Å²) >= 11 is 4.94. The molecule has 0 aromatic carbocycles. The molecule has 0 radical (unpaired) electrons. The third-order valence-electron chi connectivity index (χ3n) is 3.36. The summed E-state index contributed by atoms with van der Waals surface area (Å²) in [6.45, 7) is 0. The van der Waals surface area contributed by atoms with E-state index in [1.165, 1.54) is 12.8 Å². The van der Waals surface area contributed by atoms with Crippen LogP contribution in [0.5, 0.6) is 0 Å². The van der Waals surface area contributed by atoms with Gasteiger partial charge in [-0.1, -0.05) is 12.8 Å². The molecule has 3 rings (SSSR count). The molecule has 1 fully saturated rings. The van der Waals surface area contributed by atoms with Gasteiger partial charge in [0.25, 0.3) is 0 Å². The predicted molar refractivity (Wildman–Crippen MR) is 67.9 cm³/mol. The quantitative estimate of drug-likeness (QED) is 0.661. The highest BCUT2D eigenvalue weighted by Crippen LogP contribution is 2.33. The lowest BCUT2D eigenvalue weighted by molar-refractivity contribution is 0.598. The van der Waals surface area contributed by atoms with Crippen molar-refractivity contribution in [2.75, 3.05) is 11.1 Å². The molecule has 17 heavy (non-hydrogen) atoms. The van der Waals surface area contributed by atoms with Crippen molar-refractivity contribution in [3.05, 3.63) is 11.0 Å². The van der Waals surface area contributed by atoms with Gasteiger partial charge in [-0.25, -0.2) is 4.98 Å². The fourth-order valence-corrected chi connectivity index (χ4v) is 4.03. The third-order valence-corrected chi connectivity index (χ3v) is 4.98. The number of rotatable bonds is 2. The molecule has 0 amide bonds. The molecule has 2 heterocycles. The number of fused-ring (bicyclic) bond motifs is 1. The molecule has 1 saturated carbocycles. The Hall–Kier alpha value is -0.520. The molecule has 1 aliphatic heterocycles. The number of hydrogen-bond donors (Lipinski definition) is 1. The van der Waals surface area contributed by atoms with Crippen LogP contribution in [0.4, 0.5) is 5.82 Å². The van der Waals surface area contributed by atoms with Gasteiger partial charge in [-0.15, -0.1) is 0 Å². The smallest absolute Gasteiger partial charge is 0.224 e. The van der Waals surface area contributed by atoms with E-state index < -0.39 is 11.2 Å². The zero-order valence-corrected chi connectivity index (χ0v) is 11.0. The fraction of sp³-hybridized carbons (Fsp3) is 0.636. The minimum atomic E-state index is -0.964. The maximum absolute atomic E-state index is 11.9. The summed E-state index contributed by atoms with van der Waals surface area (Å²) in [5.41, 5.74) is 0.851. The van der Waals surface area contributed by atoms with Crippen LogP contribution in [-0.4, -0.2) is 26.3 Å². The lowest BCUT2D eigenvalue weighted by atomic mass is 10.2. The third kappa shape index (κ3) is 2.23. The van der Waals surface area contributed by atoms with E-state index in [0.29, 0.717) is 17.6 Å². The Morgan fingerprint density at radius 2 is 2.06 bits per heavy atom. The molecule has 0 saturated heterocycles. The molecule has 0 spiro atoms. The van der Waals surface area contributed by atoms with Crippen molar-refractivity contribution in [1.29, 1.82) is 0 Å². The van der Waals surface area contributed by atoms with Crippen LogP contribution in [0.1, 0.15) is 31.4 Å². The fourth-order valence-electron chi connectivity index (χ4n) is 2.53. The molecule has 1 N–H and O–H groups in total. The highest BCUT2D eigenvalue weighted by molar-refractivity contribution is 7.91. The van der Waals surface area contributed by atoms with E-state index in [4.69, 9.17) is 11.6 Å². The van der Waals surface area contributed by atoms with Crippen LogP contribution in [0.25, 0.3) is 0 Å². The Balaban J connectivity index is 1.92. The van der Waals surface area contributed by atoms with Gasteiger partial charge in [0.2, 0.25) is 10.2 Å². The number of nitrogens with one attached hydrogen (secondary N) is 1. The summed E-state index contributed by atoms with van der Waals surface area (Å²) in [7, 11) is 0. The van der Waals surface area contributed by atoms with Gasteiger partial charge < -0.3 is 9.87 Å². The number of halogens is 1. The molecule has 92 valence electrons. The minimum absolute atomic E-state index is 0.253. The van der Waals surface area contributed by atoms with Gasteiger partial charge in [0.05, 0.1) is 0 Å². The maximum atomic E-state index is 11.9. The maximum Gasteiger partial charge on any atom is 0.224 e. The monoisotopic (exact) mass is 271 g/mol. The topological polar surface area (TPSA) is 60.9 Å². The van der Waals surface area contributed by atoms with Crippen molar-refractivity contribution in [2.24, 2.45) is 0 Å². The van der Waals surface area contributed by atoms with Crippen molar-refractivity contribution < 1.29 is 4.55 Å². The van der Waals surface area contributed by atoms with Gasteiger partial charge in [0.1, 0.15) is 11.4 Å². The van der Waals surface area contributed by atoms with E-state index in [-0.39, 0.29) is 5.28 Å². The van der Waals surface area contributed by atoms with E-state index in [1.54, 1.807) is 0 Å². The van der Waals surface area contributed by atoms with E-state index >= 15 is 0 Å². The molecule has 1 aromatic rings. The molecule has 1 aliphatic carbocycles. The van der Waals surface area contributed by atoms with Crippen LogP contribution in [0.3, 0.4) is 0 Å². The van der Waals surface area contributed by atoms with Crippen LogP contribution in [-0.2, 0) is 17.6 Å². The van der Waals surface area contributed by atoms with Gasteiger partial charge in [-0.2, -0.15) is 4.98 Å². The lowest BCUT2D eigenvalue weighted by Gasteiger charge is -2.15. The highest BCUT2D eigenvalue weighted by Gasteiger charge is 2.32. The first-order valence-corrected chi connectivity index (χ1v) is 7.65. The minimum Gasteiger partial charge on any atom is -0.611 e. The van der Waals surface area contributed by atoms with Crippen LogP contribution < -0.4 is 5.32 Å². The normalized spacial score (nSPS) is 24.0. The summed E-state index contributed by atoms with van der Waals surface area (Å²) in [6, 6.07) is 0.447. The van der Waals surface area contributed by atoms with Crippen LogP contribution in [0.2, 0.25) is 5.28 Å². The first kappa shape index (κ1) is 11.6. The highest BCUT2D eigenvalue weighted by atomic mass is 35.5. The summed E-state index contributed by atoms with van der Waals surface area (Å²) in [4.78, 5) is 9.15. The molecule has 1 aromatic heterocycles. The molecular formula is C11H14ClN3OS. The average Bonchev–Trinajstić information content (AvgIpc) is 2.89. The van der Waals surface area contributed by atoms with Gasteiger partial charge in [0.15, 0.2) is 5.82 Å². The number of anilines is 1. The lowest BCUT2D eigenvalue weighted by Crippen LogP contribution is -2.18. The summed E-state index contributed by atoms with van der Waals surface area (Å²) in [6.07, 6.45) is 5.55. The zero-order valence-electron chi connectivity index (χ0n) is 9.41. The van der Waals surface area contributed by atoms with E-state index in [1.807, 2.05) is 0 Å². The molecule has 1 unspecified atom stereocenters. The SMILES string of the molecule is [O-][S+]1CCc2nc(Cl)nc(NC3CCCC3)c21. The molecule has 0 bridgehead atoms. The number of aromatic nitrogens is 2. The van der Waals surface area contributed by atoms with Crippen LogP contribution >= 0.6 is 11.6 Å². The molecule has 6 heteroatoms. The second-order valence-corrected chi connectivity index (χ2v) is 6.39. The Morgan fingerprint density at radius 1 is 1.29 bits per heavy atom. The van der Waals surface area contributed by atoms with Crippen molar-refractivity contribution >= 4 is 28.6 Å². The van der Waals surface area contributed by atoms with Gasteiger partial charge in [0, 0.05) is 12.5 Å². The van der Waals surface area contributed by atoms with E-state index in [0.717, 1.165) is 29.9 Å². The molecular weight excluding hydrogens is 258 g/mol. The Bertz CT molecular complexity index is 437. The van der Waals surface area contributed by atoms with Crippen LogP contribution in [0, 0.1) is 0 Å². The first-order chi connectivity index (χ1) is 8.24. The van der Waals surface area contributed by atoms with Crippen molar-refractivity contribution in [1.82, 2.24) is 9.97 Å². The Morgan fingerprint density at radius 3 is 2.82 bits per heavy atom. The summed E-state index contributed by atoms with van der Waals surface area (Å²) in [5, 5.41) is 3.64. The van der Waals surface area contributed by atoms with Gasteiger partial charge in [-0.05, 0) is 35.6 Å². The first-order valence-electron chi connectivity index (χ1n) is 5.95. The molecule has 4 nitrogen and oxygen atoms in total. The van der Waals surface area contributed by atoms with Crippen molar-refractivity contribution in [3.63, 3.8) is 0 Å². The number of aryl methyl sites for hydroxylation is 1. The van der Waals surface area contributed by atoms with Gasteiger partial charge >= 0.3 is 0 Å². The second-order valence-electron chi connectivity index (χ2n) is 4.54. The molecule has 1 atom stereocenters. The van der Waals surface area contributed by atoms with Crippen molar-refractivity contribution in [3.8, 4) is 0 Å². The van der Waals surface area contributed by atoms with E-state index in [9.17, 15) is 4.55 Å². The zero-order chi connectivity index (χ0) is 11.8. The number of nitrogens with zero attached hydrogens (tertiary/aromatic N) is 2. The predicted octanol–water partition coefficient (Wildman–Crippen LogP) is 2.15. The Kier molecular flexibility index (Phi) is 3.15. The van der Waals surface area contributed by atoms with Gasteiger partial charge in [-0.3, -0.25) is 0 Å². The Labute approximate surface area is 108 Å². The summed E-state index contributed by atoms with van der Waals surface area (Å²) in [5.74, 6) is 1.34. The summed E-state index contributed by atoms with van der Waals surface area (Å²) < 4.78 is 11.9. The average molecular weight is 272 g/mol. The molecule has 2 aliphatic rings. The van der Waals surface area contributed by atoms with E-state index in [2.05, 4.69) is 15.3 Å². The van der Waals surface area contributed by atoms with Crippen molar-refractivity contribution in [2.45, 2.75) is 43.0 Å². The van der Waals surface area contributed by atoms with Crippen LogP contribution in [0.15, 0.2) is 4.90 Å².